The van der Waals surface area contributed by atoms with Crippen molar-refractivity contribution in [3.8, 4) is 0 Å². The van der Waals surface area contributed by atoms with Crippen molar-refractivity contribution >= 4 is 11.6 Å². The van der Waals surface area contributed by atoms with Gasteiger partial charge in [0.25, 0.3) is 0 Å². The molecule has 0 N–H and O–H groups in total. The van der Waals surface area contributed by atoms with Gasteiger partial charge in [0.05, 0.1) is 0 Å². The minimum absolute atomic E-state index is 0.376. The molecule has 0 nitrogen and oxygen atoms in total. The highest BCUT2D eigenvalue weighted by molar-refractivity contribution is 6.20. The van der Waals surface area contributed by atoms with Crippen molar-refractivity contribution < 1.29 is 0 Å². The van der Waals surface area contributed by atoms with E-state index in [0.29, 0.717) is 11.3 Å². The van der Waals surface area contributed by atoms with E-state index in [4.69, 9.17) is 11.6 Å². The predicted molar refractivity (Wildman–Crippen MR) is 80.2 cm³/mol. The Morgan fingerprint density at radius 3 is 2.44 bits per heavy atom. The summed E-state index contributed by atoms with van der Waals surface area (Å²) in [5.41, 5.74) is 2.78. The van der Waals surface area contributed by atoms with E-state index in [1.165, 1.54) is 30.4 Å². The van der Waals surface area contributed by atoms with E-state index in [1.807, 2.05) is 0 Å². The van der Waals surface area contributed by atoms with E-state index in [1.54, 1.807) is 0 Å². The van der Waals surface area contributed by atoms with Crippen molar-refractivity contribution in [2.24, 2.45) is 17.8 Å². The van der Waals surface area contributed by atoms with Crippen molar-refractivity contribution in [3.05, 3.63) is 35.4 Å². The summed E-state index contributed by atoms with van der Waals surface area (Å²) in [4.78, 5) is 0. The monoisotopic (exact) mass is 264 g/mol. The molecule has 1 aliphatic carbocycles. The molecule has 0 amide bonds. The van der Waals surface area contributed by atoms with Crippen LogP contribution >= 0.6 is 11.6 Å². The van der Waals surface area contributed by atoms with E-state index in [0.717, 1.165) is 18.3 Å². The summed E-state index contributed by atoms with van der Waals surface area (Å²) in [5, 5.41) is 0.376. The summed E-state index contributed by atoms with van der Waals surface area (Å²) in [6.07, 6.45) is 4.97. The summed E-state index contributed by atoms with van der Waals surface area (Å²) in [6, 6.07) is 8.94. The van der Waals surface area contributed by atoms with Crippen LogP contribution in [0.15, 0.2) is 24.3 Å². The van der Waals surface area contributed by atoms with Crippen LogP contribution in [0.25, 0.3) is 0 Å². The predicted octanol–water partition coefficient (Wildman–Crippen LogP) is 5.22. The molecule has 1 aromatic rings. The lowest BCUT2D eigenvalue weighted by atomic mass is 9.74. The van der Waals surface area contributed by atoms with Crippen LogP contribution in [-0.4, -0.2) is 5.38 Å². The highest BCUT2D eigenvalue weighted by Gasteiger charge is 2.30. The third-order valence-electron chi connectivity index (χ3n) is 4.49. The van der Waals surface area contributed by atoms with Gasteiger partial charge in [-0.25, -0.2) is 0 Å². The SMILES string of the molecule is Cc1ccc(CC2CC(C(C)C)CCC2Cl)cc1. The van der Waals surface area contributed by atoms with Crippen LogP contribution in [0.3, 0.4) is 0 Å². The van der Waals surface area contributed by atoms with Crippen molar-refractivity contribution in [1.29, 1.82) is 0 Å². The van der Waals surface area contributed by atoms with Crippen molar-refractivity contribution in [3.63, 3.8) is 0 Å². The summed E-state index contributed by atoms with van der Waals surface area (Å²) in [6.45, 7) is 6.84. The molecule has 1 fully saturated rings. The highest BCUT2D eigenvalue weighted by Crippen LogP contribution is 2.38. The van der Waals surface area contributed by atoms with Crippen LogP contribution in [0.1, 0.15) is 44.2 Å². The van der Waals surface area contributed by atoms with E-state index >= 15 is 0 Å². The fourth-order valence-electron chi connectivity index (χ4n) is 3.11. The molecule has 1 heteroatoms. The molecule has 0 aliphatic heterocycles. The van der Waals surface area contributed by atoms with Gasteiger partial charge in [0, 0.05) is 5.38 Å². The molecular weight excluding hydrogens is 240 g/mol. The molecule has 0 aromatic heterocycles. The number of hydrogen-bond donors (Lipinski definition) is 0. The van der Waals surface area contributed by atoms with E-state index in [9.17, 15) is 0 Å². The molecule has 0 radical (unpaired) electrons. The number of aryl methyl sites for hydroxylation is 1. The van der Waals surface area contributed by atoms with Gasteiger partial charge in [-0.1, -0.05) is 43.7 Å². The van der Waals surface area contributed by atoms with Gasteiger partial charge in [-0.3, -0.25) is 0 Å². The molecule has 1 aliphatic rings. The van der Waals surface area contributed by atoms with Crippen molar-refractivity contribution in [2.75, 3.05) is 0 Å². The van der Waals surface area contributed by atoms with Gasteiger partial charge >= 0.3 is 0 Å². The number of benzene rings is 1. The first-order chi connectivity index (χ1) is 8.56. The molecule has 0 bridgehead atoms. The van der Waals surface area contributed by atoms with Crippen LogP contribution in [0.2, 0.25) is 0 Å². The third-order valence-corrected chi connectivity index (χ3v) is 5.07. The summed E-state index contributed by atoms with van der Waals surface area (Å²) < 4.78 is 0. The second-order valence-electron chi connectivity index (χ2n) is 6.28. The molecule has 1 aromatic carbocycles. The Kier molecular flexibility index (Phi) is 4.72. The maximum Gasteiger partial charge on any atom is 0.0367 e. The lowest BCUT2D eigenvalue weighted by molar-refractivity contribution is 0.218. The molecule has 100 valence electrons. The van der Waals surface area contributed by atoms with E-state index in [-0.39, 0.29) is 0 Å². The molecule has 0 saturated heterocycles. The smallest absolute Gasteiger partial charge is 0.0367 e. The zero-order chi connectivity index (χ0) is 13.1. The minimum Gasteiger partial charge on any atom is -0.123 e. The van der Waals surface area contributed by atoms with Crippen LogP contribution in [0.5, 0.6) is 0 Å². The molecule has 18 heavy (non-hydrogen) atoms. The molecule has 0 spiro atoms. The van der Waals surface area contributed by atoms with Crippen LogP contribution < -0.4 is 0 Å². The minimum atomic E-state index is 0.376. The van der Waals surface area contributed by atoms with Gasteiger partial charge in [0.15, 0.2) is 0 Å². The largest absolute Gasteiger partial charge is 0.123 e. The Balaban J connectivity index is 2.00. The fourth-order valence-corrected chi connectivity index (χ4v) is 3.42. The summed E-state index contributed by atoms with van der Waals surface area (Å²) in [7, 11) is 0. The normalized spacial score (nSPS) is 28.6. The maximum atomic E-state index is 6.53. The standard InChI is InChI=1S/C17H25Cl/c1-12(2)15-8-9-17(18)16(11-15)10-14-6-4-13(3)5-7-14/h4-7,12,15-17H,8-11H2,1-3H3. The van der Waals surface area contributed by atoms with Gasteiger partial charge in [0.1, 0.15) is 0 Å². The first-order valence-electron chi connectivity index (χ1n) is 7.26. The molecule has 3 atom stereocenters. The Bertz CT molecular complexity index is 366. The highest BCUT2D eigenvalue weighted by atomic mass is 35.5. The molecule has 1 saturated carbocycles. The van der Waals surface area contributed by atoms with Gasteiger partial charge in [-0.15, -0.1) is 11.6 Å². The van der Waals surface area contributed by atoms with Gasteiger partial charge in [0.2, 0.25) is 0 Å². The maximum absolute atomic E-state index is 6.53. The second-order valence-corrected chi connectivity index (χ2v) is 6.84. The van der Waals surface area contributed by atoms with Gasteiger partial charge in [-0.2, -0.15) is 0 Å². The zero-order valence-electron chi connectivity index (χ0n) is 11.8. The van der Waals surface area contributed by atoms with Crippen LogP contribution in [0.4, 0.5) is 0 Å². The molecule has 2 rings (SSSR count). The number of hydrogen-bond acceptors (Lipinski definition) is 0. The number of rotatable bonds is 3. The summed E-state index contributed by atoms with van der Waals surface area (Å²) >= 11 is 6.53. The third kappa shape index (κ3) is 3.51. The van der Waals surface area contributed by atoms with Gasteiger partial charge in [-0.05, 0) is 55.9 Å². The van der Waals surface area contributed by atoms with E-state index in [2.05, 4.69) is 45.0 Å². The lowest BCUT2D eigenvalue weighted by Gasteiger charge is -2.35. The van der Waals surface area contributed by atoms with Crippen LogP contribution in [-0.2, 0) is 6.42 Å². The Hall–Kier alpha value is -0.490. The van der Waals surface area contributed by atoms with Crippen molar-refractivity contribution in [1.82, 2.24) is 0 Å². The number of halogens is 1. The Morgan fingerprint density at radius 2 is 1.83 bits per heavy atom. The zero-order valence-corrected chi connectivity index (χ0v) is 12.6. The van der Waals surface area contributed by atoms with E-state index < -0.39 is 0 Å². The Morgan fingerprint density at radius 1 is 1.17 bits per heavy atom. The Labute approximate surface area is 117 Å². The fraction of sp³-hybridized carbons (Fsp3) is 0.647. The average Bonchev–Trinajstić information content (AvgIpc) is 2.34. The first kappa shape index (κ1) is 13.9. The quantitative estimate of drug-likeness (QED) is 0.657. The first-order valence-corrected chi connectivity index (χ1v) is 7.69. The summed E-state index contributed by atoms with van der Waals surface area (Å²) in [5.74, 6) is 2.33. The average molecular weight is 265 g/mol. The van der Waals surface area contributed by atoms with Crippen LogP contribution in [0, 0.1) is 24.7 Å². The van der Waals surface area contributed by atoms with Crippen molar-refractivity contribution in [2.45, 2.75) is 51.8 Å². The molecule has 0 heterocycles. The molecule has 3 unspecified atom stereocenters. The molecular formula is C17H25Cl. The lowest BCUT2D eigenvalue weighted by Crippen LogP contribution is -2.29. The second kappa shape index (κ2) is 6.10. The number of alkyl halides is 1. The topological polar surface area (TPSA) is 0 Å². The van der Waals surface area contributed by atoms with Gasteiger partial charge < -0.3 is 0 Å².